The monoisotopic (exact) mass is 442 g/mol. The number of nitrogens with one attached hydrogen (secondary N) is 1. The highest BCUT2D eigenvalue weighted by Crippen LogP contribution is 2.31. The average molecular weight is 442 g/mol. The summed E-state index contributed by atoms with van der Waals surface area (Å²) in [5, 5.41) is 3.23. The third-order valence-corrected chi connectivity index (χ3v) is 7.18. The van der Waals surface area contributed by atoms with Gasteiger partial charge in [-0.2, -0.15) is 4.31 Å². The van der Waals surface area contributed by atoms with Crippen LogP contribution in [0.3, 0.4) is 0 Å². The zero-order valence-corrected chi connectivity index (χ0v) is 17.8. The molecule has 1 fully saturated rings. The molecule has 0 aliphatic carbocycles. The van der Waals surface area contributed by atoms with Crippen molar-refractivity contribution < 1.29 is 22.4 Å². The van der Waals surface area contributed by atoms with Crippen LogP contribution < -0.4 is 15.7 Å². The van der Waals surface area contributed by atoms with Gasteiger partial charge in [0, 0.05) is 30.2 Å². The fourth-order valence-corrected chi connectivity index (χ4v) is 5.28. The number of nitrogens with zero attached hydrogens (tertiary/aromatic N) is 1. The van der Waals surface area contributed by atoms with Crippen LogP contribution in [0.25, 0.3) is 11.0 Å². The normalized spacial score (nSPS) is 15.0. The van der Waals surface area contributed by atoms with Crippen LogP contribution in [0.2, 0.25) is 0 Å². The molecular formula is C22H22N2O6S. The SMILES string of the molecule is COc1cc(NC(=O)c2cc3ccccc3oc2=O)ccc1S(=O)(=O)N1CCCCC1. The molecule has 1 aromatic heterocycles. The quantitative estimate of drug-likeness (QED) is 0.608. The minimum Gasteiger partial charge on any atom is -0.495 e. The number of hydrogen-bond acceptors (Lipinski definition) is 6. The van der Waals surface area contributed by atoms with Crippen LogP contribution in [0, 0.1) is 0 Å². The van der Waals surface area contributed by atoms with Gasteiger partial charge in [-0.3, -0.25) is 4.79 Å². The molecule has 0 atom stereocenters. The second-order valence-electron chi connectivity index (χ2n) is 7.27. The van der Waals surface area contributed by atoms with Gasteiger partial charge < -0.3 is 14.5 Å². The van der Waals surface area contributed by atoms with E-state index in [0.29, 0.717) is 29.7 Å². The summed E-state index contributed by atoms with van der Waals surface area (Å²) in [6.45, 7) is 0.948. The van der Waals surface area contributed by atoms with Crippen molar-refractivity contribution in [3.63, 3.8) is 0 Å². The fraction of sp³-hybridized carbons (Fsp3) is 0.273. The van der Waals surface area contributed by atoms with Crippen LogP contribution in [-0.4, -0.2) is 38.8 Å². The van der Waals surface area contributed by atoms with Crippen molar-refractivity contribution in [2.45, 2.75) is 24.2 Å². The summed E-state index contributed by atoms with van der Waals surface area (Å²) in [5.74, 6) is -0.540. The minimum atomic E-state index is -3.70. The van der Waals surface area contributed by atoms with Gasteiger partial charge in [0.25, 0.3) is 5.91 Å². The highest BCUT2D eigenvalue weighted by Gasteiger charge is 2.29. The van der Waals surface area contributed by atoms with Crippen molar-refractivity contribution in [3.05, 3.63) is 64.5 Å². The number of benzene rings is 2. The Balaban J connectivity index is 1.62. The Morgan fingerprint density at radius 1 is 1.06 bits per heavy atom. The molecule has 162 valence electrons. The number of piperidine rings is 1. The summed E-state index contributed by atoms with van der Waals surface area (Å²) < 4.78 is 37.9. The number of ether oxygens (including phenoxy) is 1. The molecule has 0 radical (unpaired) electrons. The number of fused-ring (bicyclic) bond motifs is 1. The largest absolute Gasteiger partial charge is 0.495 e. The van der Waals surface area contributed by atoms with Gasteiger partial charge in [-0.25, -0.2) is 13.2 Å². The molecule has 1 saturated heterocycles. The predicted molar refractivity (Wildman–Crippen MR) is 116 cm³/mol. The molecule has 2 heterocycles. The number of sulfonamides is 1. The minimum absolute atomic E-state index is 0.0418. The third-order valence-electron chi connectivity index (χ3n) is 5.24. The van der Waals surface area contributed by atoms with Gasteiger partial charge in [-0.05, 0) is 37.1 Å². The molecule has 3 aromatic rings. The molecule has 9 heteroatoms. The Kier molecular flexibility index (Phi) is 5.79. The van der Waals surface area contributed by atoms with E-state index < -0.39 is 21.6 Å². The first-order chi connectivity index (χ1) is 14.9. The maximum Gasteiger partial charge on any atom is 0.349 e. The first-order valence-electron chi connectivity index (χ1n) is 9.92. The van der Waals surface area contributed by atoms with Gasteiger partial charge in [0.05, 0.1) is 7.11 Å². The summed E-state index contributed by atoms with van der Waals surface area (Å²) in [6.07, 6.45) is 2.66. The molecule has 4 rings (SSSR count). The van der Waals surface area contributed by atoms with Gasteiger partial charge in [-0.1, -0.05) is 24.6 Å². The summed E-state index contributed by atoms with van der Waals surface area (Å²) in [5.41, 5.74) is -0.222. The maximum atomic E-state index is 13.0. The van der Waals surface area contributed by atoms with Crippen molar-refractivity contribution in [1.29, 1.82) is 0 Å². The second kappa shape index (κ2) is 8.52. The molecule has 1 amide bonds. The van der Waals surface area contributed by atoms with E-state index in [0.717, 1.165) is 19.3 Å². The van der Waals surface area contributed by atoms with Crippen LogP contribution in [0.1, 0.15) is 29.6 Å². The van der Waals surface area contributed by atoms with E-state index in [1.165, 1.54) is 35.7 Å². The van der Waals surface area contributed by atoms with E-state index in [9.17, 15) is 18.0 Å². The van der Waals surface area contributed by atoms with Crippen molar-refractivity contribution >= 4 is 32.6 Å². The predicted octanol–water partition coefficient (Wildman–Crippen LogP) is 3.23. The topological polar surface area (TPSA) is 106 Å². The number of amides is 1. The molecular weight excluding hydrogens is 420 g/mol. The van der Waals surface area contributed by atoms with E-state index in [2.05, 4.69) is 5.32 Å². The number of para-hydroxylation sites is 1. The van der Waals surface area contributed by atoms with Gasteiger partial charge in [0.1, 0.15) is 21.8 Å². The zero-order chi connectivity index (χ0) is 22.0. The lowest BCUT2D eigenvalue weighted by molar-refractivity contribution is 0.102. The summed E-state index contributed by atoms with van der Waals surface area (Å²) in [7, 11) is -2.33. The lowest BCUT2D eigenvalue weighted by Crippen LogP contribution is -2.35. The smallest absolute Gasteiger partial charge is 0.349 e. The van der Waals surface area contributed by atoms with Gasteiger partial charge >= 0.3 is 5.63 Å². The number of anilines is 1. The number of carbonyl (C=O) groups excluding carboxylic acids is 1. The molecule has 8 nitrogen and oxygen atoms in total. The third kappa shape index (κ3) is 4.19. The number of rotatable bonds is 5. The van der Waals surface area contributed by atoms with Gasteiger partial charge in [0.15, 0.2) is 0 Å². The van der Waals surface area contributed by atoms with Gasteiger partial charge in [-0.15, -0.1) is 0 Å². The molecule has 0 saturated carbocycles. The van der Waals surface area contributed by atoms with Crippen LogP contribution in [0.5, 0.6) is 5.75 Å². The van der Waals surface area contributed by atoms with Crippen LogP contribution in [0.15, 0.2) is 62.6 Å². The molecule has 31 heavy (non-hydrogen) atoms. The van der Waals surface area contributed by atoms with Crippen molar-refractivity contribution in [2.75, 3.05) is 25.5 Å². The Hall–Kier alpha value is -3.17. The Labute approximate surface area is 179 Å². The summed E-state index contributed by atoms with van der Waals surface area (Å²) >= 11 is 0. The van der Waals surface area contributed by atoms with Crippen LogP contribution in [-0.2, 0) is 10.0 Å². The lowest BCUT2D eigenvalue weighted by atomic mass is 10.1. The van der Waals surface area contributed by atoms with E-state index in [4.69, 9.17) is 9.15 Å². The van der Waals surface area contributed by atoms with Crippen molar-refractivity contribution in [1.82, 2.24) is 4.31 Å². The molecule has 0 spiro atoms. The van der Waals surface area contributed by atoms with Crippen molar-refractivity contribution in [3.8, 4) is 5.75 Å². The highest BCUT2D eigenvalue weighted by atomic mass is 32.2. The van der Waals surface area contributed by atoms with Crippen molar-refractivity contribution in [2.24, 2.45) is 0 Å². The Morgan fingerprint density at radius 2 is 1.81 bits per heavy atom. The van der Waals surface area contributed by atoms with E-state index >= 15 is 0 Å². The zero-order valence-electron chi connectivity index (χ0n) is 17.0. The van der Waals surface area contributed by atoms with Crippen LogP contribution in [0.4, 0.5) is 5.69 Å². The van der Waals surface area contributed by atoms with E-state index in [-0.39, 0.29) is 16.2 Å². The standard InChI is InChI=1S/C22H22N2O6S/c1-29-19-14-16(9-10-20(19)31(27,28)24-11-5-2-6-12-24)23-21(25)17-13-15-7-3-4-8-18(15)30-22(17)26/h3-4,7-10,13-14H,2,5-6,11-12H2,1H3,(H,23,25). The highest BCUT2D eigenvalue weighted by molar-refractivity contribution is 7.89. The molecule has 0 unspecified atom stereocenters. The molecule has 1 N–H and O–H groups in total. The number of hydrogen-bond donors (Lipinski definition) is 1. The van der Waals surface area contributed by atoms with Crippen LogP contribution >= 0.6 is 0 Å². The number of carbonyl (C=O) groups is 1. The second-order valence-corrected chi connectivity index (χ2v) is 9.18. The average Bonchev–Trinajstić information content (AvgIpc) is 2.78. The number of methoxy groups -OCH3 is 1. The molecule has 1 aliphatic heterocycles. The van der Waals surface area contributed by atoms with E-state index in [1.54, 1.807) is 24.3 Å². The Bertz CT molecular complexity index is 1290. The molecule has 0 bridgehead atoms. The maximum absolute atomic E-state index is 13.0. The molecule has 1 aliphatic rings. The lowest BCUT2D eigenvalue weighted by Gasteiger charge is -2.26. The Morgan fingerprint density at radius 3 is 2.55 bits per heavy atom. The molecule has 2 aromatic carbocycles. The summed E-state index contributed by atoms with van der Waals surface area (Å²) in [4.78, 5) is 24.9. The van der Waals surface area contributed by atoms with Gasteiger partial charge in [0.2, 0.25) is 10.0 Å². The first kappa shape index (κ1) is 21.1. The first-order valence-corrected chi connectivity index (χ1v) is 11.4. The fourth-order valence-electron chi connectivity index (χ4n) is 3.62. The summed E-state index contributed by atoms with van der Waals surface area (Å²) in [6, 6.07) is 12.7. The van der Waals surface area contributed by atoms with E-state index in [1.807, 2.05) is 0 Å².